The number of carbonyl (C=O) groups is 1. The molecule has 0 heterocycles. The summed E-state index contributed by atoms with van der Waals surface area (Å²) in [4.78, 5) is 12.6. The second kappa shape index (κ2) is 8.26. The van der Waals surface area contributed by atoms with E-state index in [9.17, 15) is 17.6 Å². The van der Waals surface area contributed by atoms with Gasteiger partial charge in [-0.15, -0.1) is 0 Å². The van der Waals surface area contributed by atoms with Crippen LogP contribution >= 0.6 is 0 Å². The summed E-state index contributed by atoms with van der Waals surface area (Å²) in [5.74, 6) is -0.292. The summed E-state index contributed by atoms with van der Waals surface area (Å²) in [6, 6.07) is 8.69. The lowest BCUT2D eigenvalue weighted by Crippen LogP contribution is -2.45. The Kier molecular flexibility index (Phi) is 6.27. The van der Waals surface area contributed by atoms with Crippen LogP contribution in [0.25, 0.3) is 0 Å². The van der Waals surface area contributed by atoms with Crippen LogP contribution in [-0.4, -0.2) is 40.8 Å². The molecule has 0 saturated heterocycles. The van der Waals surface area contributed by atoms with Crippen molar-refractivity contribution in [3.8, 4) is 11.5 Å². The molecule has 9 heteroatoms. The number of benzene rings is 2. The molecule has 0 aliphatic carbocycles. The Hall–Kier alpha value is -2.81. The highest BCUT2D eigenvalue weighted by molar-refractivity contribution is 7.92. The number of anilines is 2. The van der Waals surface area contributed by atoms with E-state index in [0.29, 0.717) is 17.2 Å². The van der Waals surface area contributed by atoms with Crippen LogP contribution in [0.2, 0.25) is 0 Å². The molecule has 1 atom stereocenters. The maximum absolute atomic E-state index is 13.5. The van der Waals surface area contributed by atoms with Crippen LogP contribution in [0.15, 0.2) is 42.5 Å². The van der Waals surface area contributed by atoms with Crippen molar-refractivity contribution in [2.75, 3.05) is 30.1 Å². The summed E-state index contributed by atoms with van der Waals surface area (Å²) >= 11 is 0. The third-order valence-electron chi connectivity index (χ3n) is 3.80. The van der Waals surface area contributed by atoms with Gasteiger partial charge < -0.3 is 14.8 Å². The Labute approximate surface area is 157 Å². The smallest absolute Gasteiger partial charge is 0.247 e. The van der Waals surface area contributed by atoms with Gasteiger partial charge in [-0.25, -0.2) is 12.8 Å². The SMILES string of the molecule is COc1ccc(NC(=O)[C@H](C)N(c2cccc(F)c2)S(C)(=O)=O)cc1OC. The van der Waals surface area contributed by atoms with Crippen molar-refractivity contribution in [2.45, 2.75) is 13.0 Å². The fourth-order valence-corrected chi connectivity index (χ4v) is 3.75. The molecule has 0 fully saturated rings. The normalized spacial score (nSPS) is 12.2. The second-order valence-corrected chi connectivity index (χ2v) is 7.63. The fraction of sp³-hybridized carbons (Fsp3) is 0.278. The molecular formula is C18H21FN2O5S. The Balaban J connectivity index is 2.30. The van der Waals surface area contributed by atoms with Crippen molar-refractivity contribution < 1.29 is 27.1 Å². The minimum atomic E-state index is -3.83. The van der Waals surface area contributed by atoms with E-state index in [2.05, 4.69) is 5.32 Å². The molecule has 2 aromatic rings. The van der Waals surface area contributed by atoms with Gasteiger partial charge in [0, 0.05) is 11.8 Å². The molecular weight excluding hydrogens is 375 g/mol. The number of hydrogen-bond donors (Lipinski definition) is 1. The van der Waals surface area contributed by atoms with Gasteiger partial charge in [-0.3, -0.25) is 9.10 Å². The topological polar surface area (TPSA) is 84.9 Å². The van der Waals surface area contributed by atoms with Gasteiger partial charge >= 0.3 is 0 Å². The van der Waals surface area contributed by atoms with Crippen molar-refractivity contribution >= 4 is 27.3 Å². The summed E-state index contributed by atoms with van der Waals surface area (Å²) in [7, 11) is -0.887. The van der Waals surface area contributed by atoms with Gasteiger partial charge in [0.05, 0.1) is 26.2 Å². The lowest BCUT2D eigenvalue weighted by Gasteiger charge is -2.28. The summed E-state index contributed by atoms with van der Waals surface area (Å²) < 4.78 is 49.1. The standard InChI is InChI=1S/C18H21FN2O5S/c1-12(21(27(4,23)24)15-7-5-6-13(19)10-15)18(22)20-14-8-9-16(25-2)17(11-14)26-3/h5-12H,1-4H3,(H,20,22)/t12-/m0/s1. The van der Waals surface area contributed by atoms with E-state index in [0.717, 1.165) is 16.6 Å². The van der Waals surface area contributed by atoms with E-state index in [1.807, 2.05) is 0 Å². The Morgan fingerprint density at radius 2 is 1.78 bits per heavy atom. The number of rotatable bonds is 7. The number of hydrogen-bond acceptors (Lipinski definition) is 5. The first-order valence-electron chi connectivity index (χ1n) is 7.95. The number of carbonyl (C=O) groups excluding carboxylic acids is 1. The van der Waals surface area contributed by atoms with Gasteiger partial charge in [0.1, 0.15) is 11.9 Å². The van der Waals surface area contributed by atoms with Crippen LogP contribution in [0.3, 0.4) is 0 Å². The molecule has 1 N–H and O–H groups in total. The largest absolute Gasteiger partial charge is 0.493 e. The molecule has 0 radical (unpaired) electrons. The van der Waals surface area contributed by atoms with E-state index in [1.165, 1.54) is 39.3 Å². The van der Waals surface area contributed by atoms with Crippen molar-refractivity contribution in [1.29, 1.82) is 0 Å². The predicted molar refractivity (Wildman–Crippen MR) is 101 cm³/mol. The first kappa shape index (κ1) is 20.5. The van der Waals surface area contributed by atoms with Gasteiger partial charge in [0.15, 0.2) is 11.5 Å². The van der Waals surface area contributed by atoms with Crippen LogP contribution in [0.1, 0.15) is 6.92 Å². The van der Waals surface area contributed by atoms with E-state index in [-0.39, 0.29) is 5.69 Å². The number of halogens is 1. The highest BCUT2D eigenvalue weighted by Crippen LogP contribution is 2.30. The van der Waals surface area contributed by atoms with Crippen LogP contribution in [0.4, 0.5) is 15.8 Å². The van der Waals surface area contributed by atoms with Gasteiger partial charge in [0.25, 0.3) is 0 Å². The minimum Gasteiger partial charge on any atom is -0.493 e. The van der Waals surface area contributed by atoms with Crippen LogP contribution < -0.4 is 19.1 Å². The van der Waals surface area contributed by atoms with Gasteiger partial charge in [-0.05, 0) is 37.3 Å². The Bertz CT molecular complexity index is 933. The number of ether oxygens (including phenoxy) is 2. The molecule has 0 spiro atoms. The maximum Gasteiger partial charge on any atom is 0.247 e. The van der Waals surface area contributed by atoms with E-state index in [4.69, 9.17) is 9.47 Å². The van der Waals surface area contributed by atoms with Crippen molar-refractivity contribution in [1.82, 2.24) is 0 Å². The number of nitrogens with one attached hydrogen (secondary N) is 1. The maximum atomic E-state index is 13.5. The molecule has 0 aliphatic rings. The summed E-state index contributed by atoms with van der Waals surface area (Å²) in [5.41, 5.74) is 0.463. The monoisotopic (exact) mass is 396 g/mol. The quantitative estimate of drug-likeness (QED) is 0.778. The molecule has 27 heavy (non-hydrogen) atoms. The van der Waals surface area contributed by atoms with E-state index >= 15 is 0 Å². The molecule has 0 aliphatic heterocycles. The first-order chi connectivity index (χ1) is 12.7. The van der Waals surface area contributed by atoms with Crippen molar-refractivity contribution in [3.63, 3.8) is 0 Å². The first-order valence-corrected chi connectivity index (χ1v) is 9.80. The number of methoxy groups -OCH3 is 2. The van der Waals surface area contributed by atoms with Gasteiger partial charge in [-0.1, -0.05) is 6.07 Å². The third-order valence-corrected chi connectivity index (χ3v) is 5.04. The molecule has 146 valence electrons. The zero-order valence-corrected chi connectivity index (χ0v) is 16.2. The molecule has 0 saturated carbocycles. The molecule has 0 bridgehead atoms. The average Bonchev–Trinajstić information content (AvgIpc) is 2.60. The molecule has 2 rings (SSSR count). The Morgan fingerprint density at radius 3 is 2.33 bits per heavy atom. The number of nitrogens with zero attached hydrogens (tertiary/aromatic N) is 1. The summed E-state index contributed by atoms with van der Waals surface area (Å²) in [6.45, 7) is 1.42. The number of amides is 1. The summed E-state index contributed by atoms with van der Waals surface area (Å²) in [5, 5.41) is 2.63. The van der Waals surface area contributed by atoms with Crippen LogP contribution in [0, 0.1) is 5.82 Å². The van der Waals surface area contributed by atoms with Gasteiger partial charge in [-0.2, -0.15) is 0 Å². The lowest BCUT2D eigenvalue weighted by atomic mass is 10.2. The lowest BCUT2D eigenvalue weighted by molar-refractivity contribution is -0.116. The predicted octanol–water partition coefficient (Wildman–Crippen LogP) is 2.64. The van der Waals surface area contributed by atoms with Crippen LogP contribution in [0.5, 0.6) is 11.5 Å². The highest BCUT2D eigenvalue weighted by atomic mass is 32.2. The zero-order chi connectivity index (χ0) is 20.2. The second-order valence-electron chi connectivity index (χ2n) is 5.77. The highest BCUT2D eigenvalue weighted by Gasteiger charge is 2.29. The zero-order valence-electron chi connectivity index (χ0n) is 15.4. The minimum absolute atomic E-state index is 0.0625. The summed E-state index contributed by atoms with van der Waals surface area (Å²) in [6.07, 6.45) is 0.956. The molecule has 2 aromatic carbocycles. The molecule has 7 nitrogen and oxygen atoms in total. The molecule has 0 unspecified atom stereocenters. The third kappa shape index (κ3) is 4.88. The van der Waals surface area contributed by atoms with Crippen molar-refractivity contribution in [2.24, 2.45) is 0 Å². The van der Waals surface area contributed by atoms with Crippen molar-refractivity contribution in [3.05, 3.63) is 48.3 Å². The van der Waals surface area contributed by atoms with Gasteiger partial charge in [0.2, 0.25) is 15.9 Å². The van der Waals surface area contributed by atoms with Crippen LogP contribution in [-0.2, 0) is 14.8 Å². The van der Waals surface area contributed by atoms with E-state index < -0.39 is 27.8 Å². The Morgan fingerprint density at radius 1 is 1.11 bits per heavy atom. The average molecular weight is 396 g/mol. The van der Waals surface area contributed by atoms with E-state index in [1.54, 1.807) is 18.2 Å². The molecule has 0 aromatic heterocycles. The molecule has 1 amide bonds. The number of sulfonamides is 1. The fourth-order valence-electron chi connectivity index (χ4n) is 2.58.